The maximum Gasteiger partial charge on any atom is 0.125 e. The van der Waals surface area contributed by atoms with Gasteiger partial charge in [0.15, 0.2) is 0 Å². The molecule has 3 heteroatoms. The summed E-state index contributed by atoms with van der Waals surface area (Å²) in [6, 6.07) is 15.3. The second-order valence-electron chi connectivity index (χ2n) is 5.29. The first kappa shape index (κ1) is 13.0. The first-order valence-corrected chi connectivity index (χ1v) is 6.90. The molecule has 0 heterocycles. The number of hydrogen-bond donors (Lipinski definition) is 1. The molecule has 0 amide bonds. The van der Waals surface area contributed by atoms with Gasteiger partial charge in [-0.1, -0.05) is 18.2 Å². The summed E-state index contributed by atoms with van der Waals surface area (Å²) in [5.41, 5.74) is 2.21. The van der Waals surface area contributed by atoms with Crippen LogP contribution in [0.3, 0.4) is 0 Å². The van der Waals surface area contributed by atoms with Crippen molar-refractivity contribution in [2.24, 2.45) is 0 Å². The fourth-order valence-electron chi connectivity index (χ4n) is 2.70. The lowest BCUT2D eigenvalue weighted by Crippen LogP contribution is -2.33. The third kappa shape index (κ3) is 2.77. The average Bonchev–Trinajstić information content (AvgIpc) is 2.43. The Morgan fingerprint density at radius 1 is 1.10 bits per heavy atom. The molecule has 0 bridgehead atoms. The quantitative estimate of drug-likeness (QED) is 0.900. The minimum Gasteiger partial charge on any atom is -0.497 e. The maximum atomic E-state index is 13.1. The molecule has 0 spiro atoms. The van der Waals surface area contributed by atoms with Crippen LogP contribution >= 0.6 is 0 Å². The lowest BCUT2D eigenvalue weighted by Gasteiger charge is -2.37. The zero-order valence-electron chi connectivity index (χ0n) is 11.5. The minimum absolute atomic E-state index is 0.193. The summed E-state index contributed by atoms with van der Waals surface area (Å²) >= 11 is 0. The zero-order chi connectivity index (χ0) is 13.9. The Kier molecular flexibility index (Phi) is 3.59. The lowest BCUT2D eigenvalue weighted by atomic mass is 9.76. The number of rotatable bonds is 4. The number of methoxy groups -OCH3 is 1. The number of anilines is 1. The second-order valence-corrected chi connectivity index (χ2v) is 5.29. The van der Waals surface area contributed by atoms with Gasteiger partial charge in [0.1, 0.15) is 11.6 Å². The highest BCUT2D eigenvalue weighted by molar-refractivity contribution is 5.45. The van der Waals surface area contributed by atoms with Gasteiger partial charge in [0.2, 0.25) is 0 Å². The average molecular weight is 271 g/mol. The highest BCUT2D eigenvalue weighted by atomic mass is 19.1. The smallest absolute Gasteiger partial charge is 0.125 e. The summed E-state index contributed by atoms with van der Waals surface area (Å²) in [4.78, 5) is 0. The number of nitrogens with one attached hydrogen (secondary N) is 1. The highest BCUT2D eigenvalue weighted by Gasteiger charge is 2.30. The van der Waals surface area contributed by atoms with Crippen molar-refractivity contribution in [1.82, 2.24) is 0 Å². The molecule has 0 aromatic heterocycles. The molecule has 0 radical (unpaired) electrons. The van der Waals surface area contributed by atoms with Gasteiger partial charge in [0.25, 0.3) is 0 Å². The molecule has 20 heavy (non-hydrogen) atoms. The predicted octanol–water partition coefficient (Wildman–Crippen LogP) is 4.19. The molecule has 1 saturated carbocycles. The number of hydrogen-bond acceptors (Lipinski definition) is 2. The van der Waals surface area contributed by atoms with Crippen LogP contribution in [-0.4, -0.2) is 13.2 Å². The topological polar surface area (TPSA) is 21.3 Å². The van der Waals surface area contributed by atoms with Crippen LogP contribution in [0.2, 0.25) is 0 Å². The molecular weight excluding hydrogens is 253 g/mol. The van der Waals surface area contributed by atoms with E-state index in [0.717, 1.165) is 24.3 Å². The Morgan fingerprint density at radius 2 is 1.85 bits per heavy atom. The van der Waals surface area contributed by atoms with Crippen LogP contribution in [-0.2, 0) is 0 Å². The van der Waals surface area contributed by atoms with E-state index in [1.807, 2.05) is 18.2 Å². The van der Waals surface area contributed by atoms with Crippen LogP contribution in [0.25, 0.3) is 0 Å². The van der Waals surface area contributed by atoms with Crippen LogP contribution in [0.1, 0.15) is 24.3 Å². The van der Waals surface area contributed by atoms with Crippen LogP contribution in [0.15, 0.2) is 48.5 Å². The Labute approximate surface area is 118 Å². The van der Waals surface area contributed by atoms with Crippen LogP contribution in [0.4, 0.5) is 10.1 Å². The summed E-state index contributed by atoms with van der Waals surface area (Å²) in [6.45, 7) is 0. The van der Waals surface area contributed by atoms with Gasteiger partial charge in [-0.05, 0) is 54.7 Å². The van der Waals surface area contributed by atoms with Crippen LogP contribution < -0.4 is 10.1 Å². The van der Waals surface area contributed by atoms with Crippen molar-refractivity contribution < 1.29 is 9.13 Å². The van der Waals surface area contributed by atoms with E-state index < -0.39 is 0 Å². The van der Waals surface area contributed by atoms with E-state index in [2.05, 4.69) is 17.4 Å². The van der Waals surface area contributed by atoms with Gasteiger partial charge in [-0.15, -0.1) is 0 Å². The SMILES string of the molecule is COc1ccc(C2CC(Nc3cccc(F)c3)C2)cc1. The molecule has 3 rings (SSSR count). The molecule has 0 atom stereocenters. The van der Waals surface area contributed by atoms with Gasteiger partial charge in [0, 0.05) is 11.7 Å². The standard InChI is InChI=1S/C17H18FNO/c1-20-17-7-5-12(6-8-17)13-9-16(10-13)19-15-4-2-3-14(18)11-15/h2-8,11,13,16,19H,9-10H2,1H3. The Morgan fingerprint density at radius 3 is 2.50 bits per heavy atom. The van der Waals surface area contributed by atoms with Gasteiger partial charge in [0.05, 0.1) is 7.11 Å². The van der Waals surface area contributed by atoms with Crippen LogP contribution in [0.5, 0.6) is 5.75 Å². The number of halogens is 1. The molecule has 0 saturated heterocycles. The Bertz CT molecular complexity index is 576. The molecule has 0 aliphatic heterocycles. The Hall–Kier alpha value is -2.03. The summed E-state index contributed by atoms with van der Waals surface area (Å²) in [5, 5.41) is 3.38. The summed E-state index contributed by atoms with van der Waals surface area (Å²) < 4.78 is 18.3. The molecule has 2 nitrogen and oxygen atoms in total. The van der Waals surface area contributed by atoms with Crippen LogP contribution in [0, 0.1) is 5.82 Å². The first-order valence-electron chi connectivity index (χ1n) is 6.90. The molecule has 2 aromatic rings. The van der Waals surface area contributed by atoms with Gasteiger partial charge < -0.3 is 10.1 Å². The van der Waals surface area contributed by atoms with E-state index in [1.165, 1.54) is 11.6 Å². The summed E-state index contributed by atoms with van der Waals surface area (Å²) in [7, 11) is 1.68. The van der Waals surface area contributed by atoms with E-state index in [-0.39, 0.29) is 5.82 Å². The highest BCUT2D eigenvalue weighted by Crippen LogP contribution is 2.38. The lowest BCUT2D eigenvalue weighted by molar-refractivity contribution is 0.373. The van der Waals surface area contributed by atoms with Crippen molar-refractivity contribution in [3.05, 3.63) is 59.9 Å². The predicted molar refractivity (Wildman–Crippen MR) is 78.8 cm³/mol. The van der Waals surface area contributed by atoms with E-state index in [1.54, 1.807) is 19.2 Å². The number of benzene rings is 2. The molecule has 1 N–H and O–H groups in total. The molecule has 104 valence electrons. The van der Waals surface area contributed by atoms with E-state index in [4.69, 9.17) is 4.74 Å². The fourth-order valence-corrected chi connectivity index (χ4v) is 2.70. The zero-order valence-corrected chi connectivity index (χ0v) is 11.5. The first-order chi connectivity index (χ1) is 9.74. The van der Waals surface area contributed by atoms with Crippen molar-refractivity contribution in [3.63, 3.8) is 0 Å². The third-order valence-electron chi connectivity index (χ3n) is 3.92. The van der Waals surface area contributed by atoms with E-state index >= 15 is 0 Å². The number of ether oxygens (including phenoxy) is 1. The molecule has 2 aromatic carbocycles. The largest absolute Gasteiger partial charge is 0.497 e. The minimum atomic E-state index is -0.193. The van der Waals surface area contributed by atoms with Gasteiger partial charge >= 0.3 is 0 Å². The van der Waals surface area contributed by atoms with E-state index in [9.17, 15) is 4.39 Å². The van der Waals surface area contributed by atoms with Gasteiger partial charge in [-0.25, -0.2) is 4.39 Å². The van der Waals surface area contributed by atoms with Crippen molar-refractivity contribution >= 4 is 5.69 Å². The Balaban J connectivity index is 1.55. The summed E-state index contributed by atoms with van der Waals surface area (Å²) in [5.74, 6) is 1.29. The van der Waals surface area contributed by atoms with Gasteiger partial charge in [-0.2, -0.15) is 0 Å². The van der Waals surface area contributed by atoms with Gasteiger partial charge in [-0.3, -0.25) is 0 Å². The molecule has 1 aliphatic rings. The molecule has 1 fully saturated rings. The molecular formula is C17H18FNO. The van der Waals surface area contributed by atoms with Crippen molar-refractivity contribution in [1.29, 1.82) is 0 Å². The fraction of sp³-hybridized carbons (Fsp3) is 0.294. The molecule has 0 unspecified atom stereocenters. The molecule has 1 aliphatic carbocycles. The maximum absolute atomic E-state index is 13.1. The van der Waals surface area contributed by atoms with Crippen molar-refractivity contribution in [3.8, 4) is 5.75 Å². The second kappa shape index (κ2) is 5.53. The van der Waals surface area contributed by atoms with Crippen molar-refractivity contribution in [2.75, 3.05) is 12.4 Å². The summed E-state index contributed by atoms with van der Waals surface area (Å²) in [6.07, 6.45) is 2.17. The monoisotopic (exact) mass is 271 g/mol. The third-order valence-corrected chi connectivity index (χ3v) is 3.92. The normalized spacial score (nSPS) is 21.1. The van der Waals surface area contributed by atoms with E-state index in [0.29, 0.717) is 12.0 Å². The van der Waals surface area contributed by atoms with Crippen molar-refractivity contribution in [2.45, 2.75) is 24.8 Å².